The molecule has 1 saturated heterocycles. The number of nitrogens with zero attached hydrogens (tertiary/aromatic N) is 2. The predicted molar refractivity (Wildman–Crippen MR) is 118 cm³/mol. The Morgan fingerprint density at radius 2 is 2.16 bits per heavy atom. The summed E-state index contributed by atoms with van der Waals surface area (Å²) in [5.41, 5.74) is 2.18. The van der Waals surface area contributed by atoms with Gasteiger partial charge >= 0.3 is 0 Å². The van der Waals surface area contributed by atoms with Crippen LogP contribution < -0.4 is 26.0 Å². The summed E-state index contributed by atoms with van der Waals surface area (Å²) in [6.07, 6.45) is 5.77. The Labute approximate surface area is 191 Å². The normalized spacial score (nSPS) is 30.9. The highest BCUT2D eigenvalue weighted by molar-refractivity contribution is 6.30. The van der Waals surface area contributed by atoms with Crippen molar-refractivity contribution in [1.82, 2.24) is 31.0 Å². The summed E-state index contributed by atoms with van der Waals surface area (Å²) in [7, 11) is 1.95. The summed E-state index contributed by atoms with van der Waals surface area (Å²) in [6, 6.07) is 4.40. The van der Waals surface area contributed by atoms with E-state index in [2.05, 4.69) is 32.6 Å². The number of hydrogen-bond acceptors (Lipinski definition) is 6. The van der Waals surface area contributed by atoms with Gasteiger partial charge in [0.1, 0.15) is 17.9 Å². The summed E-state index contributed by atoms with van der Waals surface area (Å²) < 4.78 is 20.7. The second kappa shape index (κ2) is 7.98. The quantitative estimate of drug-likeness (QED) is 0.502. The summed E-state index contributed by atoms with van der Waals surface area (Å²) in [4.78, 5) is 12.3. The van der Waals surface area contributed by atoms with Crippen LogP contribution in [0, 0.1) is 12.7 Å². The highest BCUT2D eigenvalue weighted by atomic mass is 35.5. The minimum Gasteiger partial charge on any atom is -0.484 e. The third-order valence-electron chi connectivity index (χ3n) is 6.72. The van der Waals surface area contributed by atoms with E-state index in [0.29, 0.717) is 0 Å². The SMILES string of the molecule is Cc1nn(C)cc1C1CCNC(NC23CC(NC(=O)COc4ccc(Cl)c(F)c4)(C2)C3)N1. The highest BCUT2D eigenvalue weighted by Crippen LogP contribution is 2.60. The topological polar surface area (TPSA) is 92.2 Å². The number of carbonyl (C=O) groups is 1. The van der Waals surface area contributed by atoms with E-state index in [1.54, 1.807) is 6.07 Å². The maximum atomic E-state index is 13.5. The largest absolute Gasteiger partial charge is 0.484 e. The minimum atomic E-state index is -0.567. The third-order valence-corrected chi connectivity index (χ3v) is 7.03. The minimum absolute atomic E-state index is 0.0190. The first kappa shape index (κ1) is 21.6. The van der Waals surface area contributed by atoms with Crippen LogP contribution in [0.5, 0.6) is 5.75 Å². The molecule has 1 amide bonds. The Hall–Kier alpha value is -2.20. The zero-order chi connectivity index (χ0) is 22.5. The first-order chi connectivity index (χ1) is 15.2. The molecule has 32 heavy (non-hydrogen) atoms. The van der Waals surface area contributed by atoms with E-state index >= 15 is 0 Å². The molecule has 4 N–H and O–H groups in total. The van der Waals surface area contributed by atoms with Crippen molar-refractivity contribution in [1.29, 1.82) is 0 Å². The lowest BCUT2D eigenvalue weighted by Crippen LogP contribution is -2.86. The van der Waals surface area contributed by atoms with Crippen LogP contribution >= 0.6 is 11.6 Å². The van der Waals surface area contributed by atoms with Crippen LogP contribution in [0.25, 0.3) is 0 Å². The Kier molecular flexibility index (Phi) is 5.40. The summed E-state index contributed by atoms with van der Waals surface area (Å²) in [6.45, 7) is 2.81. The fourth-order valence-electron chi connectivity index (χ4n) is 5.44. The van der Waals surface area contributed by atoms with Crippen molar-refractivity contribution in [2.24, 2.45) is 7.05 Å². The van der Waals surface area contributed by atoms with E-state index in [1.807, 2.05) is 18.7 Å². The average molecular weight is 463 g/mol. The van der Waals surface area contributed by atoms with E-state index in [0.717, 1.165) is 37.9 Å². The molecule has 2 atom stereocenters. The number of benzene rings is 1. The number of halogens is 2. The molecule has 4 fully saturated rings. The summed E-state index contributed by atoms with van der Waals surface area (Å²) >= 11 is 5.66. The van der Waals surface area contributed by atoms with Crippen molar-refractivity contribution in [2.45, 2.75) is 56.0 Å². The summed E-state index contributed by atoms with van der Waals surface area (Å²) in [5, 5.41) is 18.4. The lowest BCUT2D eigenvalue weighted by atomic mass is 9.44. The molecule has 1 aromatic carbocycles. The number of rotatable bonds is 7. The van der Waals surface area contributed by atoms with E-state index in [-0.39, 0.29) is 46.7 Å². The second-order valence-corrected chi connectivity index (χ2v) is 9.79. The second-order valence-electron chi connectivity index (χ2n) is 9.39. The molecule has 1 aromatic heterocycles. The van der Waals surface area contributed by atoms with Gasteiger partial charge in [0, 0.05) is 42.0 Å². The van der Waals surface area contributed by atoms with Crippen LogP contribution in [0.2, 0.25) is 5.02 Å². The molecule has 172 valence electrons. The molecule has 10 heteroatoms. The van der Waals surface area contributed by atoms with Crippen molar-refractivity contribution in [2.75, 3.05) is 13.2 Å². The highest BCUT2D eigenvalue weighted by Gasteiger charge is 2.69. The van der Waals surface area contributed by atoms with Gasteiger partial charge in [-0.25, -0.2) is 4.39 Å². The molecule has 2 bridgehead atoms. The average Bonchev–Trinajstić information content (AvgIpc) is 3.04. The van der Waals surface area contributed by atoms with Gasteiger partial charge in [-0.1, -0.05) is 11.6 Å². The number of amides is 1. The number of nitrogens with one attached hydrogen (secondary N) is 4. The van der Waals surface area contributed by atoms with Crippen molar-refractivity contribution in [3.05, 3.63) is 46.5 Å². The fourth-order valence-corrected chi connectivity index (χ4v) is 5.56. The lowest BCUT2D eigenvalue weighted by Gasteiger charge is -2.71. The molecule has 2 heterocycles. The molecule has 4 aliphatic rings. The van der Waals surface area contributed by atoms with Gasteiger partial charge in [-0.05, 0) is 51.3 Å². The molecular weight excluding hydrogens is 435 g/mol. The molecule has 1 aliphatic heterocycles. The van der Waals surface area contributed by atoms with Crippen LogP contribution in [0.1, 0.15) is 43.0 Å². The predicted octanol–water partition coefficient (Wildman–Crippen LogP) is 1.89. The van der Waals surface area contributed by atoms with Crippen LogP contribution in [0.15, 0.2) is 24.4 Å². The lowest BCUT2D eigenvalue weighted by molar-refractivity contribution is -0.146. The molecule has 2 aromatic rings. The van der Waals surface area contributed by atoms with E-state index in [4.69, 9.17) is 16.3 Å². The van der Waals surface area contributed by atoms with Gasteiger partial charge in [-0.3, -0.25) is 25.4 Å². The van der Waals surface area contributed by atoms with Crippen molar-refractivity contribution in [3.8, 4) is 5.75 Å². The third kappa shape index (κ3) is 4.10. The van der Waals surface area contributed by atoms with Gasteiger partial charge in [0.05, 0.1) is 10.7 Å². The Bertz CT molecular complexity index is 1020. The first-order valence-electron chi connectivity index (χ1n) is 10.9. The molecule has 8 nitrogen and oxygen atoms in total. The Balaban J connectivity index is 1.08. The number of carbonyl (C=O) groups excluding carboxylic acids is 1. The van der Waals surface area contributed by atoms with Gasteiger partial charge < -0.3 is 10.1 Å². The van der Waals surface area contributed by atoms with Crippen molar-refractivity contribution >= 4 is 17.5 Å². The number of aryl methyl sites for hydroxylation is 2. The zero-order valence-corrected chi connectivity index (χ0v) is 18.9. The van der Waals surface area contributed by atoms with E-state index in [9.17, 15) is 9.18 Å². The van der Waals surface area contributed by atoms with Crippen molar-refractivity contribution in [3.63, 3.8) is 0 Å². The zero-order valence-electron chi connectivity index (χ0n) is 18.2. The Morgan fingerprint density at radius 1 is 1.38 bits per heavy atom. The number of hydrogen-bond donors (Lipinski definition) is 4. The molecule has 3 saturated carbocycles. The molecular formula is C22H28ClFN6O2. The fraction of sp³-hybridized carbons (Fsp3) is 0.545. The van der Waals surface area contributed by atoms with Crippen LogP contribution in [0.3, 0.4) is 0 Å². The van der Waals surface area contributed by atoms with Crippen LogP contribution in [-0.4, -0.2) is 46.2 Å². The smallest absolute Gasteiger partial charge is 0.258 e. The number of ether oxygens (including phenoxy) is 1. The molecule has 0 radical (unpaired) electrons. The van der Waals surface area contributed by atoms with Gasteiger partial charge in [0.15, 0.2) is 6.61 Å². The number of aromatic nitrogens is 2. The van der Waals surface area contributed by atoms with Crippen LogP contribution in [0.4, 0.5) is 4.39 Å². The van der Waals surface area contributed by atoms with Gasteiger partial charge in [-0.15, -0.1) is 0 Å². The van der Waals surface area contributed by atoms with E-state index in [1.165, 1.54) is 17.7 Å². The van der Waals surface area contributed by atoms with Crippen LogP contribution in [-0.2, 0) is 11.8 Å². The molecule has 6 rings (SSSR count). The molecule has 3 aliphatic carbocycles. The van der Waals surface area contributed by atoms with E-state index < -0.39 is 5.82 Å². The molecule has 0 spiro atoms. The van der Waals surface area contributed by atoms with Gasteiger partial charge in [0.2, 0.25) is 0 Å². The Morgan fingerprint density at radius 3 is 2.84 bits per heavy atom. The van der Waals surface area contributed by atoms with Gasteiger partial charge in [0.25, 0.3) is 5.91 Å². The summed E-state index contributed by atoms with van der Waals surface area (Å²) in [5.74, 6) is -0.483. The first-order valence-corrected chi connectivity index (χ1v) is 11.3. The monoisotopic (exact) mass is 462 g/mol. The standard InChI is InChI=1S/C22H28ClFN6O2/c1-13-15(8-30(2)29-13)18-5-6-25-20(26-18)28-22-10-21(11-22,12-22)27-19(31)9-32-14-3-4-16(23)17(24)7-14/h3-4,7-8,18,20,25-26,28H,5-6,9-12H2,1-2H3,(H,27,31). The maximum absolute atomic E-state index is 13.5. The maximum Gasteiger partial charge on any atom is 0.258 e. The molecule has 2 unspecified atom stereocenters. The van der Waals surface area contributed by atoms with Gasteiger partial charge in [-0.2, -0.15) is 5.10 Å². The van der Waals surface area contributed by atoms with Crippen molar-refractivity contribution < 1.29 is 13.9 Å².